The van der Waals surface area contributed by atoms with E-state index < -0.39 is 11.9 Å². The molecule has 0 aromatic carbocycles. The fourth-order valence-electron chi connectivity index (χ4n) is 2.14. The summed E-state index contributed by atoms with van der Waals surface area (Å²) in [5.41, 5.74) is 0. The van der Waals surface area contributed by atoms with Crippen molar-refractivity contribution in [2.45, 2.75) is 38.3 Å². The van der Waals surface area contributed by atoms with Crippen LogP contribution >= 0.6 is 0 Å². The Labute approximate surface area is 107 Å². The summed E-state index contributed by atoms with van der Waals surface area (Å²) in [6.07, 6.45) is 2.91. The van der Waals surface area contributed by atoms with E-state index in [0.29, 0.717) is 0 Å². The summed E-state index contributed by atoms with van der Waals surface area (Å²) in [6.45, 7) is 1.80. The Hall–Kier alpha value is -1.30. The van der Waals surface area contributed by atoms with E-state index >= 15 is 0 Å². The molecule has 1 aliphatic carbocycles. The normalized spacial score (nSPS) is 24.6. The van der Waals surface area contributed by atoms with Gasteiger partial charge >= 0.3 is 12.0 Å². The van der Waals surface area contributed by atoms with Crippen molar-refractivity contribution < 1.29 is 19.4 Å². The third-order valence-electron chi connectivity index (χ3n) is 3.36. The summed E-state index contributed by atoms with van der Waals surface area (Å²) in [7, 11) is 3.28. The second kappa shape index (κ2) is 6.58. The Morgan fingerprint density at radius 2 is 2.17 bits per heavy atom. The summed E-state index contributed by atoms with van der Waals surface area (Å²) in [4.78, 5) is 24.0. The lowest BCUT2D eigenvalue weighted by Gasteiger charge is -2.22. The Balaban J connectivity index is 2.34. The van der Waals surface area contributed by atoms with Gasteiger partial charge in [0.05, 0.1) is 12.0 Å². The second-order valence-electron chi connectivity index (χ2n) is 4.94. The van der Waals surface area contributed by atoms with Gasteiger partial charge in [0.25, 0.3) is 0 Å². The largest absolute Gasteiger partial charge is 0.481 e. The van der Waals surface area contributed by atoms with Crippen molar-refractivity contribution in [3.05, 3.63) is 0 Å². The number of aliphatic carboxylic acids is 1. The molecule has 2 N–H and O–H groups in total. The lowest BCUT2D eigenvalue weighted by Crippen LogP contribution is -2.44. The van der Waals surface area contributed by atoms with Gasteiger partial charge in [-0.1, -0.05) is 6.92 Å². The number of nitrogens with one attached hydrogen (secondary N) is 1. The Morgan fingerprint density at radius 3 is 2.67 bits per heavy atom. The molecule has 2 amide bonds. The summed E-state index contributed by atoms with van der Waals surface area (Å²) >= 11 is 0. The van der Waals surface area contributed by atoms with Gasteiger partial charge in [-0.2, -0.15) is 0 Å². The van der Waals surface area contributed by atoms with Gasteiger partial charge in [0.15, 0.2) is 0 Å². The van der Waals surface area contributed by atoms with Gasteiger partial charge in [0.1, 0.15) is 0 Å². The highest BCUT2D eigenvalue weighted by molar-refractivity contribution is 5.76. The number of methoxy groups -OCH3 is 1. The predicted octanol–water partition coefficient (Wildman–Crippen LogP) is 0.916. The Bertz CT molecular complexity index is 308. The highest BCUT2D eigenvalue weighted by Crippen LogP contribution is 2.21. The number of hydrogen-bond donors (Lipinski definition) is 2. The van der Waals surface area contributed by atoms with Crippen LogP contribution in [0.2, 0.25) is 0 Å². The molecule has 0 heterocycles. The van der Waals surface area contributed by atoms with Crippen LogP contribution in [0.25, 0.3) is 0 Å². The number of nitrogens with zero attached hydrogens (tertiary/aromatic N) is 1. The van der Waals surface area contributed by atoms with Crippen LogP contribution in [0.3, 0.4) is 0 Å². The van der Waals surface area contributed by atoms with Gasteiger partial charge in [-0.15, -0.1) is 0 Å². The van der Waals surface area contributed by atoms with Crippen LogP contribution in [-0.2, 0) is 9.53 Å². The highest BCUT2D eigenvalue weighted by Gasteiger charge is 2.27. The maximum Gasteiger partial charge on any atom is 0.317 e. The van der Waals surface area contributed by atoms with Gasteiger partial charge in [-0.3, -0.25) is 4.79 Å². The SMILES string of the molecule is COC1CCC(NC(=O)N(C)CC(C)C(=O)O)C1. The fourth-order valence-corrected chi connectivity index (χ4v) is 2.14. The first-order chi connectivity index (χ1) is 8.43. The first-order valence-corrected chi connectivity index (χ1v) is 6.21. The van der Waals surface area contributed by atoms with E-state index in [4.69, 9.17) is 9.84 Å². The molecule has 104 valence electrons. The van der Waals surface area contributed by atoms with Crippen LogP contribution < -0.4 is 5.32 Å². The molecule has 18 heavy (non-hydrogen) atoms. The molecule has 0 bridgehead atoms. The van der Waals surface area contributed by atoms with Crippen LogP contribution in [0.4, 0.5) is 4.79 Å². The Morgan fingerprint density at radius 1 is 1.50 bits per heavy atom. The van der Waals surface area contributed by atoms with Crippen LogP contribution in [-0.4, -0.2) is 54.9 Å². The van der Waals surface area contributed by atoms with Crippen molar-refractivity contribution in [3.8, 4) is 0 Å². The van der Waals surface area contributed by atoms with E-state index in [9.17, 15) is 9.59 Å². The van der Waals surface area contributed by atoms with Gasteiger partial charge < -0.3 is 20.1 Å². The summed E-state index contributed by atoms with van der Waals surface area (Å²) in [5.74, 6) is -1.45. The number of carbonyl (C=O) groups is 2. The van der Waals surface area contributed by atoms with Crippen molar-refractivity contribution in [1.82, 2.24) is 10.2 Å². The zero-order chi connectivity index (χ0) is 13.7. The van der Waals surface area contributed by atoms with Gasteiger partial charge in [0.2, 0.25) is 0 Å². The molecule has 3 atom stereocenters. The number of ether oxygens (including phenoxy) is 1. The van der Waals surface area contributed by atoms with E-state index in [1.54, 1.807) is 21.1 Å². The molecular weight excluding hydrogens is 236 g/mol. The molecule has 0 aromatic heterocycles. The molecule has 1 aliphatic rings. The van der Waals surface area contributed by atoms with Gasteiger partial charge in [-0.05, 0) is 19.3 Å². The average molecular weight is 258 g/mol. The van der Waals surface area contributed by atoms with Crippen molar-refractivity contribution in [2.24, 2.45) is 5.92 Å². The van der Waals surface area contributed by atoms with E-state index in [-0.39, 0.29) is 24.7 Å². The molecule has 0 spiro atoms. The molecule has 0 aromatic rings. The Kier molecular flexibility index (Phi) is 5.40. The molecule has 0 aliphatic heterocycles. The molecule has 1 fully saturated rings. The maximum absolute atomic E-state index is 11.8. The zero-order valence-corrected chi connectivity index (χ0v) is 11.2. The number of hydrogen-bond acceptors (Lipinski definition) is 3. The molecule has 3 unspecified atom stereocenters. The molecule has 6 heteroatoms. The van der Waals surface area contributed by atoms with Crippen LogP contribution in [0.15, 0.2) is 0 Å². The molecule has 1 rings (SSSR count). The van der Waals surface area contributed by atoms with E-state index in [1.807, 2.05) is 0 Å². The molecule has 1 saturated carbocycles. The quantitative estimate of drug-likeness (QED) is 0.768. The van der Waals surface area contributed by atoms with Crippen molar-refractivity contribution in [1.29, 1.82) is 0 Å². The smallest absolute Gasteiger partial charge is 0.317 e. The van der Waals surface area contributed by atoms with Crippen LogP contribution in [0.5, 0.6) is 0 Å². The number of carbonyl (C=O) groups excluding carboxylic acids is 1. The van der Waals surface area contributed by atoms with Gasteiger partial charge in [0, 0.05) is 26.7 Å². The first kappa shape index (κ1) is 14.8. The van der Waals surface area contributed by atoms with E-state index in [1.165, 1.54) is 4.90 Å². The monoisotopic (exact) mass is 258 g/mol. The van der Waals surface area contributed by atoms with Crippen molar-refractivity contribution in [3.63, 3.8) is 0 Å². The summed E-state index contributed by atoms with van der Waals surface area (Å²) in [5, 5.41) is 11.7. The van der Waals surface area contributed by atoms with Crippen LogP contribution in [0, 0.1) is 5.92 Å². The minimum absolute atomic E-state index is 0.130. The third-order valence-corrected chi connectivity index (χ3v) is 3.36. The van der Waals surface area contributed by atoms with Crippen molar-refractivity contribution >= 4 is 12.0 Å². The predicted molar refractivity (Wildman–Crippen MR) is 66.4 cm³/mol. The first-order valence-electron chi connectivity index (χ1n) is 6.21. The lowest BCUT2D eigenvalue weighted by molar-refractivity contribution is -0.141. The lowest BCUT2D eigenvalue weighted by atomic mass is 10.2. The fraction of sp³-hybridized carbons (Fsp3) is 0.833. The highest BCUT2D eigenvalue weighted by atomic mass is 16.5. The van der Waals surface area contributed by atoms with Crippen molar-refractivity contribution in [2.75, 3.05) is 20.7 Å². The molecular formula is C12H22N2O4. The number of carboxylic acid groups (broad SMARTS) is 1. The number of urea groups is 1. The number of rotatable bonds is 5. The molecule has 0 radical (unpaired) electrons. The minimum Gasteiger partial charge on any atom is -0.481 e. The van der Waals surface area contributed by atoms with Gasteiger partial charge in [-0.25, -0.2) is 4.79 Å². The zero-order valence-electron chi connectivity index (χ0n) is 11.2. The number of amides is 2. The summed E-state index contributed by atoms with van der Waals surface area (Å²) < 4.78 is 5.24. The standard InChI is InChI=1S/C12H22N2O4/c1-8(11(15)16)7-14(2)12(17)13-9-4-5-10(6-9)18-3/h8-10H,4-7H2,1-3H3,(H,13,17)(H,15,16). The minimum atomic E-state index is -0.894. The average Bonchev–Trinajstić information content (AvgIpc) is 2.76. The second-order valence-corrected chi connectivity index (χ2v) is 4.94. The maximum atomic E-state index is 11.8. The number of carboxylic acids is 1. The topological polar surface area (TPSA) is 78.9 Å². The van der Waals surface area contributed by atoms with E-state index in [2.05, 4.69) is 5.32 Å². The molecule has 6 nitrogen and oxygen atoms in total. The molecule has 0 saturated heterocycles. The summed E-state index contributed by atoms with van der Waals surface area (Å²) in [6, 6.07) is -0.0881. The third kappa shape index (κ3) is 4.18. The van der Waals surface area contributed by atoms with Crippen LogP contribution in [0.1, 0.15) is 26.2 Å². The van der Waals surface area contributed by atoms with E-state index in [0.717, 1.165) is 19.3 Å².